The Kier molecular flexibility index (Phi) is 8.62. The fourth-order valence-corrected chi connectivity index (χ4v) is 5.96. The van der Waals surface area contributed by atoms with Crippen LogP contribution in [0.25, 0.3) is 22.5 Å². The molecule has 0 saturated carbocycles. The normalized spacial score (nSPS) is 13.1. The zero-order chi connectivity index (χ0) is 31.5. The Labute approximate surface area is 263 Å². The van der Waals surface area contributed by atoms with Crippen LogP contribution in [0.5, 0.6) is 5.75 Å². The lowest BCUT2D eigenvalue weighted by atomic mass is 9.88. The molecule has 2 heterocycles. The molecule has 228 valence electrons. The molecule has 7 heteroatoms. The minimum atomic E-state index is -1.18. The van der Waals surface area contributed by atoms with Gasteiger partial charge in [-0.1, -0.05) is 97.9 Å². The molecule has 7 nitrogen and oxygen atoms in total. The van der Waals surface area contributed by atoms with Gasteiger partial charge in [0.1, 0.15) is 12.4 Å². The van der Waals surface area contributed by atoms with Crippen LogP contribution in [0.2, 0.25) is 0 Å². The van der Waals surface area contributed by atoms with E-state index in [1.165, 1.54) is 11.1 Å². The summed E-state index contributed by atoms with van der Waals surface area (Å²) < 4.78 is 12.3. The van der Waals surface area contributed by atoms with Gasteiger partial charge in [-0.15, -0.1) is 0 Å². The Hall–Kier alpha value is -5.01. The van der Waals surface area contributed by atoms with E-state index in [9.17, 15) is 14.7 Å². The molecule has 1 aliphatic heterocycles. The second-order valence-corrected chi connectivity index (χ2v) is 12.0. The number of benzene rings is 4. The first-order chi connectivity index (χ1) is 21.8. The third-order valence-corrected chi connectivity index (χ3v) is 8.36. The van der Waals surface area contributed by atoms with Crippen molar-refractivity contribution in [2.75, 3.05) is 13.6 Å². The van der Waals surface area contributed by atoms with Crippen LogP contribution in [0.1, 0.15) is 68.4 Å². The number of ketones is 1. The van der Waals surface area contributed by atoms with E-state index >= 15 is 0 Å². The van der Waals surface area contributed by atoms with Gasteiger partial charge in [0.2, 0.25) is 0 Å². The number of carbonyl (C=O) groups excluding carboxylic acids is 1. The van der Waals surface area contributed by atoms with Crippen LogP contribution in [0, 0.1) is 0 Å². The maximum atomic E-state index is 13.8. The van der Waals surface area contributed by atoms with Crippen molar-refractivity contribution in [1.29, 1.82) is 0 Å². The van der Waals surface area contributed by atoms with E-state index in [1.807, 2.05) is 86.6 Å². The summed E-state index contributed by atoms with van der Waals surface area (Å²) in [6, 6.07) is 29.2. The maximum absolute atomic E-state index is 13.8. The molecule has 4 aromatic carbocycles. The number of nitrogens with zero attached hydrogens (tertiary/aromatic N) is 2. The number of Topliss-reactive ketones (excluding diaryl/α,β-unsaturated/α-hetero) is 1. The quantitative estimate of drug-likeness (QED) is 0.163. The molecule has 0 unspecified atom stereocenters. The lowest BCUT2D eigenvalue weighted by Crippen LogP contribution is -2.26. The molecule has 45 heavy (non-hydrogen) atoms. The number of fused-ring (bicyclic) bond motifs is 1. The molecule has 1 aromatic heterocycles. The summed E-state index contributed by atoms with van der Waals surface area (Å²) in [7, 11) is 2.09. The van der Waals surface area contributed by atoms with E-state index in [0.29, 0.717) is 28.2 Å². The second kappa shape index (κ2) is 12.9. The number of aromatic nitrogens is 1. The highest BCUT2D eigenvalue weighted by Crippen LogP contribution is 2.43. The number of rotatable bonds is 10. The van der Waals surface area contributed by atoms with E-state index in [4.69, 9.17) is 9.26 Å². The number of hydrogen-bond donors (Lipinski definition) is 1. The summed E-state index contributed by atoms with van der Waals surface area (Å²) in [6.45, 7) is 6.08. The van der Waals surface area contributed by atoms with Gasteiger partial charge in [0, 0.05) is 25.1 Å². The Morgan fingerprint density at radius 2 is 1.64 bits per heavy atom. The van der Waals surface area contributed by atoms with Crippen molar-refractivity contribution in [2.45, 2.75) is 45.8 Å². The molecule has 1 aliphatic rings. The van der Waals surface area contributed by atoms with Crippen LogP contribution < -0.4 is 4.74 Å². The van der Waals surface area contributed by atoms with E-state index in [0.717, 1.165) is 41.8 Å². The van der Waals surface area contributed by atoms with Crippen LogP contribution in [0.15, 0.2) is 95.5 Å². The van der Waals surface area contributed by atoms with Gasteiger partial charge in [-0.3, -0.25) is 4.79 Å². The van der Waals surface area contributed by atoms with E-state index in [2.05, 4.69) is 29.2 Å². The van der Waals surface area contributed by atoms with Crippen LogP contribution in [0.3, 0.4) is 0 Å². The predicted molar refractivity (Wildman–Crippen MR) is 174 cm³/mol. The average molecular weight is 601 g/mol. The summed E-state index contributed by atoms with van der Waals surface area (Å²) in [4.78, 5) is 28.5. The highest BCUT2D eigenvalue weighted by Gasteiger charge is 2.29. The Morgan fingerprint density at radius 1 is 0.933 bits per heavy atom. The maximum Gasteiger partial charge on any atom is 0.358 e. The first kappa shape index (κ1) is 30.0. The van der Waals surface area contributed by atoms with Gasteiger partial charge in [0.05, 0.1) is 11.1 Å². The molecule has 0 fully saturated rings. The molecule has 0 bridgehead atoms. The zero-order valence-corrected chi connectivity index (χ0v) is 25.7. The van der Waals surface area contributed by atoms with Crippen molar-refractivity contribution in [1.82, 2.24) is 10.1 Å². The predicted octanol–water partition coefficient (Wildman–Crippen LogP) is 7.82. The summed E-state index contributed by atoms with van der Waals surface area (Å²) in [5.74, 6) is -0.485. The Bertz CT molecular complexity index is 1840. The van der Waals surface area contributed by atoms with Crippen molar-refractivity contribution < 1.29 is 24.0 Å². The topological polar surface area (TPSA) is 92.9 Å². The zero-order valence-electron chi connectivity index (χ0n) is 25.7. The molecule has 0 amide bonds. The van der Waals surface area contributed by atoms with E-state index < -0.39 is 5.97 Å². The molecule has 1 N–H and O–H groups in total. The Balaban J connectivity index is 1.51. The number of ether oxygens (including phenoxy) is 1. The summed E-state index contributed by atoms with van der Waals surface area (Å²) in [6.07, 6.45) is 1.11. The molecule has 0 saturated heterocycles. The SMILES string of the molecule is CC(C)c1cc(-c2onc(C(=O)O)c2-c2ccc3c(c2)CCN(C)C3)c(OCc2ccccc2)cc1C(=O)Cc1ccccc1. The molecule has 0 atom stereocenters. The highest BCUT2D eigenvalue weighted by molar-refractivity contribution is 6.02. The number of hydrogen-bond acceptors (Lipinski definition) is 6. The number of carboxylic acid groups (broad SMARTS) is 1. The first-order valence-electron chi connectivity index (χ1n) is 15.2. The average Bonchev–Trinajstić information content (AvgIpc) is 3.49. The molecule has 0 spiro atoms. The van der Waals surface area contributed by atoms with Crippen molar-refractivity contribution in [3.63, 3.8) is 0 Å². The van der Waals surface area contributed by atoms with E-state index in [1.54, 1.807) is 6.07 Å². The number of aromatic carboxylic acids is 1. The molecule has 6 rings (SSSR count). The second-order valence-electron chi connectivity index (χ2n) is 12.0. The molecule has 5 aromatic rings. The van der Waals surface area contributed by atoms with Crippen molar-refractivity contribution in [2.24, 2.45) is 0 Å². The monoisotopic (exact) mass is 600 g/mol. The van der Waals surface area contributed by atoms with Crippen LogP contribution in [0.4, 0.5) is 0 Å². The molecule has 0 aliphatic carbocycles. The van der Waals surface area contributed by atoms with Gasteiger partial charge in [0.25, 0.3) is 0 Å². The van der Waals surface area contributed by atoms with Gasteiger partial charge < -0.3 is 19.3 Å². The highest BCUT2D eigenvalue weighted by atomic mass is 16.5. The lowest BCUT2D eigenvalue weighted by Gasteiger charge is -2.25. The summed E-state index contributed by atoms with van der Waals surface area (Å²) >= 11 is 0. The number of likely N-dealkylation sites (N-methyl/N-ethyl adjacent to an activating group) is 1. The smallest absolute Gasteiger partial charge is 0.358 e. The van der Waals surface area contributed by atoms with Crippen molar-refractivity contribution in [3.8, 4) is 28.2 Å². The third kappa shape index (κ3) is 6.44. The van der Waals surface area contributed by atoms with Gasteiger partial charge in [-0.2, -0.15) is 0 Å². The first-order valence-corrected chi connectivity index (χ1v) is 15.2. The fourth-order valence-electron chi connectivity index (χ4n) is 5.96. The van der Waals surface area contributed by atoms with Crippen molar-refractivity contribution in [3.05, 3.63) is 130 Å². The standard InChI is InChI=1S/C38H36N2O5/c1-24(2)30-20-32(37-35(36(38(42)43)39-45-37)28-14-15-29-22-40(3)17-16-27(29)19-28)34(44-23-26-12-8-5-9-13-26)21-31(30)33(41)18-25-10-6-4-7-11-25/h4-15,19-21,24H,16-18,22-23H2,1-3H3,(H,42,43). The van der Waals surface area contributed by atoms with Crippen LogP contribution >= 0.6 is 0 Å². The van der Waals surface area contributed by atoms with Gasteiger partial charge in [0.15, 0.2) is 17.2 Å². The number of carboxylic acids is 1. The fraction of sp³-hybridized carbons (Fsp3) is 0.237. The van der Waals surface area contributed by atoms with Crippen LogP contribution in [-0.4, -0.2) is 40.5 Å². The summed E-state index contributed by atoms with van der Waals surface area (Å²) in [5.41, 5.74) is 7.18. The third-order valence-electron chi connectivity index (χ3n) is 8.36. The summed E-state index contributed by atoms with van der Waals surface area (Å²) in [5, 5.41) is 14.2. The lowest BCUT2D eigenvalue weighted by molar-refractivity contribution is 0.0686. The van der Waals surface area contributed by atoms with Gasteiger partial charge in [-0.05, 0) is 64.9 Å². The van der Waals surface area contributed by atoms with Crippen LogP contribution in [-0.2, 0) is 26.0 Å². The molecular weight excluding hydrogens is 564 g/mol. The Morgan fingerprint density at radius 3 is 2.33 bits per heavy atom. The largest absolute Gasteiger partial charge is 0.488 e. The van der Waals surface area contributed by atoms with E-state index in [-0.39, 0.29) is 30.4 Å². The van der Waals surface area contributed by atoms with Crippen molar-refractivity contribution >= 4 is 11.8 Å². The minimum absolute atomic E-state index is 0.00676. The van der Waals surface area contributed by atoms with Gasteiger partial charge >= 0.3 is 5.97 Å². The molecular formula is C38H36N2O5. The molecule has 0 radical (unpaired) electrons. The minimum Gasteiger partial charge on any atom is -0.488 e. The van der Waals surface area contributed by atoms with Gasteiger partial charge in [-0.25, -0.2) is 4.79 Å². The number of carbonyl (C=O) groups is 2.